The zero-order valence-electron chi connectivity index (χ0n) is 12.4. The van der Waals surface area contributed by atoms with Crippen molar-refractivity contribution in [3.8, 4) is 0 Å². The van der Waals surface area contributed by atoms with Gasteiger partial charge in [-0.2, -0.15) is 0 Å². The van der Waals surface area contributed by atoms with Crippen LogP contribution in [-0.2, 0) is 4.79 Å². The fourth-order valence-corrected chi connectivity index (χ4v) is 3.84. The van der Waals surface area contributed by atoms with Crippen LogP contribution in [0.2, 0.25) is 0 Å². The van der Waals surface area contributed by atoms with E-state index in [1.54, 1.807) is 0 Å². The molecule has 1 fully saturated rings. The van der Waals surface area contributed by atoms with Crippen LogP contribution in [0.1, 0.15) is 78.6 Å². The lowest BCUT2D eigenvalue weighted by Gasteiger charge is -2.42. The molecule has 1 aliphatic rings. The number of hydrogen-bond donors (Lipinski definition) is 1. The molecule has 1 N–H and O–H groups in total. The molecule has 0 amide bonds. The first-order valence-corrected chi connectivity index (χ1v) is 7.84. The lowest BCUT2D eigenvalue weighted by atomic mass is 9.61. The van der Waals surface area contributed by atoms with Crippen molar-refractivity contribution in [2.24, 2.45) is 17.3 Å². The molecule has 0 aromatic rings. The monoisotopic (exact) mass is 254 g/mol. The minimum absolute atomic E-state index is 0.363. The molecule has 0 spiro atoms. The van der Waals surface area contributed by atoms with Gasteiger partial charge in [-0.1, -0.05) is 52.9 Å². The summed E-state index contributed by atoms with van der Waals surface area (Å²) in [4.78, 5) is 11.8. The molecule has 0 bridgehead atoms. The zero-order chi connectivity index (χ0) is 13.6. The molecule has 0 saturated heterocycles. The number of hydrogen-bond acceptors (Lipinski definition) is 1. The van der Waals surface area contributed by atoms with Crippen LogP contribution in [-0.4, -0.2) is 11.1 Å². The van der Waals surface area contributed by atoms with Gasteiger partial charge in [0.05, 0.1) is 5.41 Å². The summed E-state index contributed by atoms with van der Waals surface area (Å²) < 4.78 is 0. The van der Waals surface area contributed by atoms with Crippen LogP contribution in [0.4, 0.5) is 0 Å². The van der Waals surface area contributed by atoms with Crippen LogP contribution in [0.5, 0.6) is 0 Å². The van der Waals surface area contributed by atoms with E-state index in [-0.39, 0.29) is 0 Å². The van der Waals surface area contributed by atoms with Gasteiger partial charge >= 0.3 is 5.97 Å². The van der Waals surface area contributed by atoms with E-state index >= 15 is 0 Å². The van der Waals surface area contributed by atoms with Gasteiger partial charge in [-0.15, -0.1) is 0 Å². The molecule has 0 unspecified atom stereocenters. The molecule has 0 heterocycles. The van der Waals surface area contributed by atoms with Crippen LogP contribution in [0, 0.1) is 17.3 Å². The lowest BCUT2D eigenvalue weighted by molar-refractivity contribution is -0.156. The number of carboxylic acids is 1. The molecule has 2 nitrogen and oxygen atoms in total. The second-order valence-corrected chi connectivity index (χ2v) is 6.06. The zero-order valence-corrected chi connectivity index (χ0v) is 12.4. The Morgan fingerprint density at radius 3 is 2.17 bits per heavy atom. The number of carboxylic acid groups (broad SMARTS) is 1. The predicted molar refractivity (Wildman–Crippen MR) is 75.6 cm³/mol. The summed E-state index contributed by atoms with van der Waals surface area (Å²) in [7, 11) is 0. The molecule has 0 aliphatic heterocycles. The minimum Gasteiger partial charge on any atom is -0.481 e. The van der Waals surface area contributed by atoms with E-state index in [0.717, 1.165) is 44.4 Å². The van der Waals surface area contributed by atoms with E-state index in [2.05, 4.69) is 20.8 Å². The molecule has 0 aromatic carbocycles. The number of carbonyl (C=O) groups is 1. The van der Waals surface area contributed by atoms with Gasteiger partial charge in [0, 0.05) is 0 Å². The van der Waals surface area contributed by atoms with Crippen LogP contribution < -0.4 is 0 Å². The Labute approximate surface area is 112 Å². The van der Waals surface area contributed by atoms with Crippen molar-refractivity contribution >= 4 is 5.97 Å². The number of unbranched alkanes of at least 4 members (excludes halogenated alkanes) is 1. The third-order valence-electron chi connectivity index (χ3n) is 5.16. The van der Waals surface area contributed by atoms with Crippen LogP contribution in [0.25, 0.3) is 0 Å². The fraction of sp³-hybridized carbons (Fsp3) is 0.938. The van der Waals surface area contributed by atoms with E-state index in [1.165, 1.54) is 19.3 Å². The molecular weight excluding hydrogens is 224 g/mol. The summed E-state index contributed by atoms with van der Waals surface area (Å²) in [5.41, 5.74) is -0.411. The molecule has 2 heteroatoms. The largest absolute Gasteiger partial charge is 0.481 e. The molecule has 106 valence electrons. The molecule has 0 aromatic heterocycles. The van der Waals surface area contributed by atoms with Gasteiger partial charge < -0.3 is 5.11 Å². The maximum atomic E-state index is 11.8. The first-order chi connectivity index (χ1) is 8.60. The molecule has 0 radical (unpaired) electrons. The number of rotatable bonds is 7. The average molecular weight is 254 g/mol. The van der Waals surface area contributed by atoms with Gasteiger partial charge in [-0.3, -0.25) is 4.79 Å². The van der Waals surface area contributed by atoms with Crippen molar-refractivity contribution in [3.63, 3.8) is 0 Å². The van der Waals surface area contributed by atoms with Crippen LogP contribution >= 0.6 is 0 Å². The fourth-order valence-electron chi connectivity index (χ4n) is 3.84. The Morgan fingerprint density at radius 1 is 1.22 bits per heavy atom. The third kappa shape index (κ3) is 3.27. The summed E-state index contributed by atoms with van der Waals surface area (Å²) in [5.74, 6) is 0.610. The SMILES string of the molecule is CCCCC1CCC(C(=O)O)(C(CC)CC)CC1. The highest BCUT2D eigenvalue weighted by Crippen LogP contribution is 2.48. The first kappa shape index (κ1) is 15.5. The van der Waals surface area contributed by atoms with Crippen molar-refractivity contribution in [2.75, 3.05) is 0 Å². The number of aliphatic carboxylic acids is 1. The molecule has 1 saturated carbocycles. The van der Waals surface area contributed by atoms with Crippen molar-refractivity contribution in [3.05, 3.63) is 0 Å². The highest BCUT2D eigenvalue weighted by molar-refractivity contribution is 5.75. The van der Waals surface area contributed by atoms with E-state index in [0.29, 0.717) is 5.92 Å². The van der Waals surface area contributed by atoms with Gasteiger partial charge in [0.2, 0.25) is 0 Å². The molecule has 18 heavy (non-hydrogen) atoms. The Bertz CT molecular complexity index is 248. The van der Waals surface area contributed by atoms with Crippen molar-refractivity contribution < 1.29 is 9.90 Å². The maximum Gasteiger partial charge on any atom is 0.309 e. The standard InChI is InChI=1S/C16H30O2/c1-4-7-8-13-9-11-16(12-10-13,15(17)18)14(5-2)6-3/h13-14H,4-12H2,1-3H3,(H,17,18). The first-order valence-electron chi connectivity index (χ1n) is 7.84. The van der Waals surface area contributed by atoms with Gasteiger partial charge in [-0.25, -0.2) is 0 Å². The summed E-state index contributed by atoms with van der Waals surface area (Å²) in [6.07, 6.45) is 9.93. The normalized spacial score (nSPS) is 28.6. The van der Waals surface area contributed by atoms with Gasteiger partial charge in [-0.05, 0) is 37.5 Å². The average Bonchev–Trinajstić information content (AvgIpc) is 2.39. The Morgan fingerprint density at radius 2 is 1.78 bits per heavy atom. The summed E-state index contributed by atoms with van der Waals surface area (Å²) in [6.45, 7) is 6.51. The quantitative estimate of drug-likeness (QED) is 0.703. The van der Waals surface area contributed by atoms with Crippen LogP contribution in [0.3, 0.4) is 0 Å². The molecule has 1 aliphatic carbocycles. The maximum absolute atomic E-state index is 11.8. The topological polar surface area (TPSA) is 37.3 Å². The van der Waals surface area contributed by atoms with Gasteiger partial charge in [0.1, 0.15) is 0 Å². The van der Waals surface area contributed by atoms with Gasteiger partial charge in [0.15, 0.2) is 0 Å². The highest BCUT2D eigenvalue weighted by atomic mass is 16.4. The van der Waals surface area contributed by atoms with E-state index < -0.39 is 11.4 Å². The van der Waals surface area contributed by atoms with Crippen molar-refractivity contribution in [2.45, 2.75) is 78.6 Å². The van der Waals surface area contributed by atoms with Crippen molar-refractivity contribution in [1.29, 1.82) is 0 Å². The van der Waals surface area contributed by atoms with Crippen LogP contribution in [0.15, 0.2) is 0 Å². The Hall–Kier alpha value is -0.530. The summed E-state index contributed by atoms with van der Waals surface area (Å²) in [5, 5.41) is 9.68. The summed E-state index contributed by atoms with van der Waals surface area (Å²) >= 11 is 0. The predicted octanol–water partition coefficient (Wildman–Crippen LogP) is 4.87. The molecular formula is C16H30O2. The van der Waals surface area contributed by atoms with E-state index in [1.807, 2.05) is 0 Å². The second-order valence-electron chi connectivity index (χ2n) is 6.06. The smallest absolute Gasteiger partial charge is 0.309 e. The minimum atomic E-state index is -0.537. The third-order valence-corrected chi connectivity index (χ3v) is 5.16. The van der Waals surface area contributed by atoms with E-state index in [9.17, 15) is 9.90 Å². The van der Waals surface area contributed by atoms with Gasteiger partial charge in [0.25, 0.3) is 0 Å². The molecule has 0 atom stereocenters. The Balaban J connectivity index is 2.65. The highest BCUT2D eigenvalue weighted by Gasteiger charge is 2.46. The van der Waals surface area contributed by atoms with E-state index in [4.69, 9.17) is 0 Å². The second kappa shape index (κ2) is 7.16. The lowest BCUT2D eigenvalue weighted by Crippen LogP contribution is -2.41. The Kier molecular flexibility index (Phi) is 6.17. The summed E-state index contributed by atoms with van der Waals surface area (Å²) in [6, 6.07) is 0. The van der Waals surface area contributed by atoms with Crippen molar-refractivity contribution in [1.82, 2.24) is 0 Å². The molecule has 1 rings (SSSR count).